The number of nitrogens with one attached hydrogen (secondary N) is 1. The Morgan fingerprint density at radius 2 is 1.54 bits per heavy atom. The van der Waals surface area contributed by atoms with E-state index in [2.05, 4.69) is 15.5 Å². The van der Waals surface area contributed by atoms with E-state index in [0.717, 1.165) is 11.2 Å². The third kappa shape index (κ3) is 3.25. The van der Waals surface area contributed by atoms with E-state index >= 15 is 0 Å². The van der Waals surface area contributed by atoms with Gasteiger partial charge in [0.25, 0.3) is 5.91 Å². The number of anilines is 1. The van der Waals surface area contributed by atoms with Crippen LogP contribution in [0.2, 0.25) is 0 Å². The highest BCUT2D eigenvalue weighted by Gasteiger charge is 2.18. The minimum Gasteiger partial charge on any atom is -0.496 e. The number of rotatable bonds is 5. The SMILES string of the molecule is COc1cccc(OC)c1C(=O)Nc1ccc2nn(-c3ccccc3)nc2c1. The molecule has 0 bridgehead atoms. The largest absolute Gasteiger partial charge is 0.496 e. The van der Waals surface area contributed by atoms with Crippen molar-refractivity contribution in [1.29, 1.82) is 0 Å². The lowest BCUT2D eigenvalue weighted by Gasteiger charge is -2.12. The third-order valence-corrected chi connectivity index (χ3v) is 4.28. The average molecular weight is 374 g/mol. The summed E-state index contributed by atoms with van der Waals surface area (Å²) in [5.41, 5.74) is 3.21. The van der Waals surface area contributed by atoms with E-state index in [1.54, 1.807) is 35.1 Å². The quantitative estimate of drug-likeness (QED) is 0.576. The Balaban J connectivity index is 1.65. The van der Waals surface area contributed by atoms with Crippen LogP contribution in [0, 0.1) is 0 Å². The summed E-state index contributed by atoms with van der Waals surface area (Å²) in [5, 5.41) is 11.8. The molecule has 28 heavy (non-hydrogen) atoms. The van der Waals surface area contributed by atoms with Gasteiger partial charge in [0.05, 0.1) is 19.9 Å². The van der Waals surface area contributed by atoms with Crippen molar-refractivity contribution in [3.63, 3.8) is 0 Å². The second-order valence-electron chi connectivity index (χ2n) is 6.02. The lowest BCUT2D eigenvalue weighted by atomic mass is 10.1. The van der Waals surface area contributed by atoms with Crippen LogP contribution in [-0.4, -0.2) is 35.1 Å². The Bertz CT molecular complexity index is 1120. The van der Waals surface area contributed by atoms with Crippen molar-refractivity contribution in [1.82, 2.24) is 15.0 Å². The first-order valence-corrected chi connectivity index (χ1v) is 8.64. The van der Waals surface area contributed by atoms with Crippen LogP contribution in [0.25, 0.3) is 16.7 Å². The van der Waals surface area contributed by atoms with Crippen molar-refractivity contribution in [2.24, 2.45) is 0 Å². The molecule has 0 aliphatic heterocycles. The summed E-state index contributed by atoms with van der Waals surface area (Å²) >= 11 is 0. The topological polar surface area (TPSA) is 78.3 Å². The standard InChI is InChI=1S/C21H18N4O3/c1-27-18-9-6-10-19(28-2)20(18)21(26)22-14-11-12-16-17(13-14)24-25(23-16)15-7-4-3-5-8-15/h3-13H,1-2H3,(H,22,26). The zero-order valence-corrected chi connectivity index (χ0v) is 15.4. The number of nitrogens with zero attached hydrogens (tertiary/aromatic N) is 3. The second kappa shape index (κ2) is 7.40. The molecule has 7 nitrogen and oxygen atoms in total. The van der Waals surface area contributed by atoms with E-state index in [1.807, 2.05) is 36.4 Å². The van der Waals surface area contributed by atoms with Crippen LogP contribution >= 0.6 is 0 Å². The monoisotopic (exact) mass is 374 g/mol. The number of aromatic nitrogens is 3. The third-order valence-electron chi connectivity index (χ3n) is 4.28. The van der Waals surface area contributed by atoms with Gasteiger partial charge in [-0.1, -0.05) is 24.3 Å². The van der Waals surface area contributed by atoms with Gasteiger partial charge in [-0.05, 0) is 42.5 Å². The molecule has 1 aromatic heterocycles. The Hall–Kier alpha value is -3.87. The summed E-state index contributed by atoms with van der Waals surface area (Å²) in [7, 11) is 3.03. The Labute approximate surface area is 161 Å². The van der Waals surface area contributed by atoms with Crippen molar-refractivity contribution in [3.8, 4) is 17.2 Å². The number of hydrogen-bond donors (Lipinski definition) is 1. The molecule has 4 rings (SSSR count). The first kappa shape index (κ1) is 17.5. The van der Waals surface area contributed by atoms with E-state index in [1.165, 1.54) is 14.2 Å². The zero-order chi connectivity index (χ0) is 19.5. The van der Waals surface area contributed by atoms with Crippen LogP contribution in [0.4, 0.5) is 5.69 Å². The molecule has 1 N–H and O–H groups in total. The van der Waals surface area contributed by atoms with Gasteiger partial charge in [0, 0.05) is 5.69 Å². The normalized spacial score (nSPS) is 10.6. The maximum absolute atomic E-state index is 12.8. The first-order valence-electron chi connectivity index (χ1n) is 8.64. The predicted octanol–water partition coefficient (Wildman–Crippen LogP) is 3.69. The van der Waals surface area contributed by atoms with Gasteiger partial charge >= 0.3 is 0 Å². The smallest absolute Gasteiger partial charge is 0.263 e. The Kier molecular flexibility index (Phi) is 4.63. The average Bonchev–Trinajstić information content (AvgIpc) is 3.17. The summed E-state index contributed by atoms with van der Waals surface area (Å²) in [4.78, 5) is 14.4. The van der Waals surface area contributed by atoms with Gasteiger partial charge in [0.2, 0.25) is 0 Å². The van der Waals surface area contributed by atoms with E-state index in [-0.39, 0.29) is 5.91 Å². The van der Waals surface area contributed by atoms with Crippen LogP contribution < -0.4 is 14.8 Å². The lowest BCUT2D eigenvalue weighted by molar-refractivity contribution is 0.102. The molecule has 4 aromatic rings. The molecule has 0 radical (unpaired) electrons. The van der Waals surface area contributed by atoms with Crippen molar-refractivity contribution >= 4 is 22.6 Å². The molecule has 140 valence electrons. The number of hydrogen-bond acceptors (Lipinski definition) is 5. The summed E-state index contributed by atoms with van der Waals surface area (Å²) in [6, 6.07) is 20.2. The molecule has 7 heteroatoms. The van der Waals surface area contributed by atoms with Gasteiger partial charge in [0.15, 0.2) is 0 Å². The number of ether oxygens (including phenoxy) is 2. The minimum atomic E-state index is -0.330. The fourth-order valence-electron chi connectivity index (χ4n) is 2.94. The van der Waals surface area contributed by atoms with Crippen molar-refractivity contribution in [3.05, 3.63) is 72.3 Å². The number of methoxy groups -OCH3 is 2. The van der Waals surface area contributed by atoms with Gasteiger partial charge in [0.1, 0.15) is 28.1 Å². The summed E-state index contributed by atoms with van der Waals surface area (Å²) in [6.45, 7) is 0. The van der Waals surface area contributed by atoms with Gasteiger partial charge in [-0.25, -0.2) is 0 Å². The van der Waals surface area contributed by atoms with E-state index in [9.17, 15) is 4.79 Å². The molecule has 0 unspecified atom stereocenters. The predicted molar refractivity (Wildman–Crippen MR) is 106 cm³/mol. The number of carbonyl (C=O) groups excluding carboxylic acids is 1. The molecule has 0 saturated carbocycles. The highest BCUT2D eigenvalue weighted by atomic mass is 16.5. The molecule has 0 aliphatic carbocycles. The Morgan fingerprint density at radius 1 is 0.857 bits per heavy atom. The molecule has 1 heterocycles. The molecule has 3 aromatic carbocycles. The molecule has 0 aliphatic rings. The van der Waals surface area contributed by atoms with Crippen molar-refractivity contribution in [2.45, 2.75) is 0 Å². The summed E-state index contributed by atoms with van der Waals surface area (Å²) in [5.74, 6) is 0.546. The maximum atomic E-state index is 12.8. The second-order valence-corrected chi connectivity index (χ2v) is 6.02. The van der Waals surface area contributed by atoms with Crippen LogP contribution in [-0.2, 0) is 0 Å². The maximum Gasteiger partial charge on any atom is 0.263 e. The Morgan fingerprint density at radius 3 is 2.21 bits per heavy atom. The van der Waals surface area contributed by atoms with Crippen LogP contribution in [0.15, 0.2) is 66.7 Å². The first-order chi connectivity index (χ1) is 13.7. The van der Waals surface area contributed by atoms with Crippen molar-refractivity contribution < 1.29 is 14.3 Å². The minimum absolute atomic E-state index is 0.330. The number of fused-ring (bicyclic) bond motifs is 1. The van der Waals surface area contributed by atoms with Gasteiger partial charge in [-0.3, -0.25) is 4.79 Å². The fraction of sp³-hybridized carbons (Fsp3) is 0.0952. The van der Waals surface area contributed by atoms with E-state index in [4.69, 9.17) is 9.47 Å². The van der Waals surface area contributed by atoms with Crippen LogP contribution in [0.5, 0.6) is 11.5 Å². The van der Waals surface area contributed by atoms with Crippen molar-refractivity contribution in [2.75, 3.05) is 19.5 Å². The number of benzene rings is 3. The molecule has 0 saturated heterocycles. The molecular weight excluding hydrogens is 356 g/mol. The fourth-order valence-corrected chi connectivity index (χ4v) is 2.94. The lowest BCUT2D eigenvalue weighted by Crippen LogP contribution is -2.14. The summed E-state index contributed by atoms with van der Waals surface area (Å²) in [6.07, 6.45) is 0. The van der Waals surface area contributed by atoms with Gasteiger partial charge < -0.3 is 14.8 Å². The summed E-state index contributed by atoms with van der Waals surface area (Å²) < 4.78 is 10.6. The highest BCUT2D eigenvalue weighted by Crippen LogP contribution is 2.29. The highest BCUT2D eigenvalue weighted by molar-refractivity contribution is 6.08. The molecule has 0 fully saturated rings. The van der Waals surface area contributed by atoms with Gasteiger partial charge in [-0.2, -0.15) is 4.80 Å². The zero-order valence-electron chi connectivity index (χ0n) is 15.4. The number of para-hydroxylation sites is 1. The molecule has 0 spiro atoms. The van der Waals surface area contributed by atoms with E-state index in [0.29, 0.717) is 28.3 Å². The molecule has 1 amide bonds. The van der Waals surface area contributed by atoms with Gasteiger partial charge in [-0.15, -0.1) is 10.2 Å². The molecular formula is C21H18N4O3. The number of amides is 1. The van der Waals surface area contributed by atoms with Crippen LogP contribution in [0.3, 0.4) is 0 Å². The number of carbonyl (C=O) groups is 1. The molecule has 0 atom stereocenters. The van der Waals surface area contributed by atoms with E-state index < -0.39 is 0 Å². The van der Waals surface area contributed by atoms with Crippen LogP contribution in [0.1, 0.15) is 10.4 Å².